The molecule has 0 bridgehead atoms. The number of nitrogens with one attached hydrogen (secondary N) is 1. The minimum atomic E-state index is 0.807. The number of anilines is 2. The second-order valence-corrected chi connectivity index (χ2v) is 7.21. The van der Waals surface area contributed by atoms with Gasteiger partial charge in [-0.15, -0.1) is 0 Å². The maximum atomic E-state index is 4.65. The van der Waals surface area contributed by atoms with Crippen molar-refractivity contribution in [3.63, 3.8) is 0 Å². The molecule has 0 fully saturated rings. The van der Waals surface area contributed by atoms with Gasteiger partial charge < -0.3 is 9.88 Å². The summed E-state index contributed by atoms with van der Waals surface area (Å²) in [6, 6.07) is 29.1. The molecule has 0 spiro atoms. The van der Waals surface area contributed by atoms with Crippen molar-refractivity contribution in [3.05, 3.63) is 103 Å². The Morgan fingerprint density at radius 2 is 1.60 bits per heavy atom. The number of fused-ring (bicyclic) bond motifs is 1. The van der Waals surface area contributed by atoms with E-state index >= 15 is 0 Å². The first-order valence-corrected chi connectivity index (χ1v) is 10.2. The number of aryl methyl sites for hydroxylation is 1. The van der Waals surface area contributed by atoms with Crippen LogP contribution in [0.4, 0.5) is 11.5 Å². The van der Waals surface area contributed by atoms with Gasteiger partial charge in [-0.3, -0.25) is 0 Å². The molecule has 0 atom stereocenters. The van der Waals surface area contributed by atoms with E-state index in [-0.39, 0.29) is 0 Å². The highest BCUT2D eigenvalue weighted by molar-refractivity contribution is 6.03. The number of hydrogen-bond acceptors (Lipinski definition) is 3. The summed E-state index contributed by atoms with van der Waals surface area (Å²) in [5.41, 5.74) is 6.50. The SMILES string of the molecule is CCc1cccc(Nc2ncnc3c2c(-c2ccccc2)cn3-c2ccccc2)c1. The van der Waals surface area contributed by atoms with E-state index < -0.39 is 0 Å². The Kier molecular flexibility index (Phi) is 4.74. The van der Waals surface area contributed by atoms with E-state index in [4.69, 9.17) is 0 Å². The molecule has 30 heavy (non-hydrogen) atoms. The van der Waals surface area contributed by atoms with E-state index in [9.17, 15) is 0 Å². The molecule has 0 aliphatic rings. The molecule has 0 radical (unpaired) electrons. The standard InChI is InChI=1S/C26H22N4/c1-2-19-10-9-13-21(16-19)29-25-24-23(20-11-5-3-6-12-20)17-30(26(24)28-18-27-25)22-14-7-4-8-15-22/h3-18H,2H2,1H3,(H,27,28,29). The largest absolute Gasteiger partial charge is 0.340 e. The van der Waals surface area contributed by atoms with Gasteiger partial charge in [0.1, 0.15) is 12.1 Å². The first-order valence-electron chi connectivity index (χ1n) is 10.2. The van der Waals surface area contributed by atoms with Crippen LogP contribution in [0, 0.1) is 0 Å². The Bertz CT molecular complexity index is 1290. The quantitative estimate of drug-likeness (QED) is 0.378. The van der Waals surface area contributed by atoms with Crippen LogP contribution in [0.5, 0.6) is 0 Å². The highest BCUT2D eigenvalue weighted by atomic mass is 15.1. The van der Waals surface area contributed by atoms with Crippen molar-refractivity contribution in [2.45, 2.75) is 13.3 Å². The maximum absolute atomic E-state index is 4.65. The van der Waals surface area contributed by atoms with Gasteiger partial charge in [-0.2, -0.15) is 0 Å². The number of benzene rings is 3. The van der Waals surface area contributed by atoms with Gasteiger partial charge in [0.15, 0.2) is 5.65 Å². The molecule has 3 aromatic carbocycles. The zero-order chi connectivity index (χ0) is 20.3. The lowest BCUT2D eigenvalue weighted by atomic mass is 10.1. The minimum absolute atomic E-state index is 0.807. The van der Waals surface area contributed by atoms with Crippen LogP contribution in [0.3, 0.4) is 0 Å². The van der Waals surface area contributed by atoms with Gasteiger partial charge >= 0.3 is 0 Å². The lowest BCUT2D eigenvalue weighted by Crippen LogP contribution is -1.98. The molecule has 2 aromatic heterocycles. The predicted molar refractivity (Wildman–Crippen MR) is 123 cm³/mol. The Hall–Kier alpha value is -3.92. The van der Waals surface area contributed by atoms with Gasteiger partial charge in [0.05, 0.1) is 5.39 Å². The highest BCUT2D eigenvalue weighted by Crippen LogP contribution is 2.36. The van der Waals surface area contributed by atoms with Crippen LogP contribution < -0.4 is 5.32 Å². The third kappa shape index (κ3) is 3.33. The van der Waals surface area contributed by atoms with Gasteiger partial charge in [-0.05, 0) is 41.8 Å². The van der Waals surface area contributed by atoms with E-state index in [0.29, 0.717) is 0 Å². The molecule has 4 nitrogen and oxygen atoms in total. The van der Waals surface area contributed by atoms with Crippen molar-refractivity contribution in [1.82, 2.24) is 14.5 Å². The third-order valence-corrected chi connectivity index (χ3v) is 5.30. The number of para-hydroxylation sites is 1. The average Bonchev–Trinajstić information content (AvgIpc) is 3.21. The van der Waals surface area contributed by atoms with E-state index in [1.807, 2.05) is 24.3 Å². The molecule has 5 rings (SSSR count). The molecule has 0 saturated heterocycles. The Labute approximate surface area is 175 Å². The van der Waals surface area contributed by atoms with Crippen LogP contribution in [0.15, 0.2) is 97.5 Å². The summed E-state index contributed by atoms with van der Waals surface area (Å²) < 4.78 is 2.13. The van der Waals surface area contributed by atoms with Crippen molar-refractivity contribution >= 4 is 22.5 Å². The third-order valence-electron chi connectivity index (χ3n) is 5.30. The molecule has 0 aliphatic heterocycles. The van der Waals surface area contributed by atoms with Crippen molar-refractivity contribution in [1.29, 1.82) is 0 Å². The molecular formula is C26H22N4. The summed E-state index contributed by atoms with van der Waals surface area (Å²) in [5, 5.41) is 4.54. The van der Waals surface area contributed by atoms with Crippen molar-refractivity contribution in [2.24, 2.45) is 0 Å². The van der Waals surface area contributed by atoms with E-state index in [1.54, 1.807) is 6.33 Å². The number of hydrogen-bond donors (Lipinski definition) is 1. The lowest BCUT2D eigenvalue weighted by Gasteiger charge is -2.10. The van der Waals surface area contributed by atoms with Crippen LogP contribution in [0.1, 0.15) is 12.5 Å². The molecule has 0 saturated carbocycles. The number of rotatable bonds is 5. The van der Waals surface area contributed by atoms with Gasteiger partial charge in [0.2, 0.25) is 0 Å². The van der Waals surface area contributed by atoms with Crippen LogP contribution in [-0.2, 0) is 6.42 Å². The molecule has 0 aliphatic carbocycles. The molecule has 2 heterocycles. The maximum Gasteiger partial charge on any atom is 0.150 e. The summed E-state index contributed by atoms with van der Waals surface area (Å²) in [6.07, 6.45) is 4.77. The fourth-order valence-corrected chi connectivity index (χ4v) is 3.78. The van der Waals surface area contributed by atoms with Crippen LogP contribution in [-0.4, -0.2) is 14.5 Å². The summed E-state index contributed by atoms with van der Waals surface area (Å²) in [7, 11) is 0. The highest BCUT2D eigenvalue weighted by Gasteiger charge is 2.17. The normalized spacial score (nSPS) is 11.0. The zero-order valence-electron chi connectivity index (χ0n) is 16.8. The molecule has 0 amide bonds. The van der Waals surface area contributed by atoms with E-state index in [2.05, 4.69) is 93.6 Å². The molecule has 4 heteroatoms. The van der Waals surface area contributed by atoms with Crippen molar-refractivity contribution < 1.29 is 0 Å². The number of nitrogens with zero attached hydrogens (tertiary/aromatic N) is 3. The molecular weight excluding hydrogens is 368 g/mol. The van der Waals surface area contributed by atoms with E-state index in [1.165, 1.54) is 5.56 Å². The van der Waals surface area contributed by atoms with E-state index in [0.717, 1.165) is 45.8 Å². The van der Waals surface area contributed by atoms with Gasteiger partial charge in [0.25, 0.3) is 0 Å². The zero-order valence-corrected chi connectivity index (χ0v) is 16.8. The fourth-order valence-electron chi connectivity index (χ4n) is 3.78. The summed E-state index contributed by atoms with van der Waals surface area (Å²) >= 11 is 0. The average molecular weight is 390 g/mol. The first kappa shape index (κ1) is 18.1. The van der Waals surface area contributed by atoms with Gasteiger partial charge in [0, 0.05) is 23.1 Å². The topological polar surface area (TPSA) is 42.7 Å². The molecule has 1 N–H and O–H groups in total. The summed E-state index contributed by atoms with van der Waals surface area (Å²) in [5.74, 6) is 0.807. The Balaban J connectivity index is 1.73. The van der Waals surface area contributed by atoms with Gasteiger partial charge in [-0.25, -0.2) is 9.97 Å². The fraction of sp³-hybridized carbons (Fsp3) is 0.0769. The summed E-state index contributed by atoms with van der Waals surface area (Å²) in [4.78, 5) is 9.27. The molecule has 146 valence electrons. The Morgan fingerprint density at radius 1 is 0.833 bits per heavy atom. The van der Waals surface area contributed by atoms with Gasteiger partial charge in [-0.1, -0.05) is 67.6 Å². The van der Waals surface area contributed by atoms with Crippen LogP contribution in [0.2, 0.25) is 0 Å². The predicted octanol–water partition coefficient (Wildman–Crippen LogP) is 6.39. The van der Waals surface area contributed by atoms with Crippen LogP contribution in [0.25, 0.3) is 27.8 Å². The first-order chi connectivity index (χ1) is 14.8. The number of aromatic nitrogens is 3. The second-order valence-electron chi connectivity index (χ2n) is 7.21. The van der Waals surface area contributed by atoms with Crippen molar-refractivity contribution in [2.75, 3.05) is 5.32 Å². The second kappa shape index (κ2) is 7.84. The minimum Gasteiger partial charge on any atom is -0.340 e. The van der Waals surface area contributed by atoms with Crippen LogP contribution >= 0.6 is 0 Å². The Morgan fingerprint density at radius 3 is 2.37 bits per heavy atom. The molecule has 0 unspecified atom stereocenters. The molecule has 5 aromatic rings. The smallest absolute Gasteiger partial charge is 0.150 e. The summed E-state index contributed by atoms with van der Waals surface area (Å²) in [6.45, 7) is 2.16. The van der Waals surface area contributed by atoms with Crippen molar-refractivity contribution in [3.8, 4) is 16.8 Å². The monoisotopic (exact) mass is 390 g/mol. The lowest BCUT2D eigenvalue weighted by molar-refractivity contribution is 1.08.